The molecule has 2 bridgehead atoms. The molecule has 2 amide bonds. The van der Waals surface area contributed by atoms with Crippen molar-refractivity contribution in [2.75, 3.05) is 17.2 Å². The molecule has 2 aromatic carbocycles. The summed E-state index contributed by atoms with van der Waals surface area (Å²) in [4.78, 5) is 26.6. The fraction of sp³-hybridized carbons (Fsp3) is 0.375. The predicted octanol–water partition coefficient (Wildman–Crippen LogP) is 5.03. The number of fused-ring (bicyclic) bond motifs is 2. The highest BCUT2D eigenvalue weighted by atomic mass is 35.5. The fourth-order valence-corrected chi connectivity index (χ4v) is 5.22. The zero-order valence-electron chi connectivity index (χ0n) is 18.3. The van der Waals surface area contributed by atoms with Crippen molar-refractivity contribution in [1.82, 2.24) is 10.2 Å². The van der Waals surface area contributed by atoms with Crippen LogP contribution >= 0.6 is 23.8 Å². The lowest BCUT2D eigenvalue weighted by molar-refractivity contribution is 0.0526. The summed E-state index contributed by atoms with van der Waals surface area (Å²) in [5.74, 6) is -0.377. The molecule has 2 saturated heterocycles. The summed E-state index contributed by atoms with van der Waals surface area (Å²) < 4.78 is 4.98. The van der Waals surface area contributed by atoms with Crippen LogP contribution in [0.15, 0.2) is 48.5 Å². The van der Waals surface area contributed by atoms with Gasteiger partial charge in [0.15, 0.2) is 5.11 Å². The van der Waals surface area contributed by atoms with E-state index >= 15 is 0 Å². The molecule has 33 heavy (non-hydrogen) atoms. The number of nitrogens with zero attached hydrogens (tertiary/aromatic N) is 1. The summed E-state index contributed by atoms with van der Waals surface area (Å²) >= 11 is 12.0. The Morgan fingerprint density at radius 1 is 1.06 bits per heavy atom. The van der Waals surface area contributed by atoms with Crippen LogP contribution < -0.4 is 16.0 Å². The number of carbonyl (C=O) groups is 2. The molecule has 0 aromatic heterocycles. The number of carbonyl (C=O) groups excluding carboxylic acids is 2. The van der Waals surface area contributed by atoms with E-state index < -0.39 is 0 Å². The van der Waals surface area contributed by atoms with Crippen LogP contribution in [0.25, 0.3) is 0 Å². The molecule has 2 heterocycles. The van der Waals surface area contributed by atoms with Gasteiger partial charge in [0.25, 0.3) is 0 Å². The highest BCUT2D eigenvalue weighted by Gasteiger charge is 2.42. The quantitative estimate of drug-likeness (QED) is 0.406. The number of piperidine rings is 1. The molecule has 0 spiro atoms. The monoisotopic (exact) mass is 486 g/mol. The number of hydrogen-bond acceptors (Lipinski definition) is 4. The number of anilines is 2. The highest BCUT2D eigenvalue weighted by molar-refractivity contribution is 7.80. The first kappa shape index (κ1) is 23.3. The van der Waals surface area contributed by atoms with E-state index in [9.17, 15) is 9.59 Å². The first-order chi connectivity index (χ1) is 15.9. The number of thiocarbonyl (C=S) groups is 1. The van der Waals surface area contributed by atoms with Gasteiger partial charge in [0.1, 0.15) is 0 Å². The van der Waals surface area contributed by atoms with Gasteiger partial charge in [-0.3, -0.25) is 0 Å². The molecule has 2 aromatic rings. The van der Waals surface area contributed by atoms with Gasteiger partial charge in [-0.25, -0.2) is 9.59 Å². The average molecular weight is 487 g/mol. The van der Waals surface area contributed by atoms with Crippen molar-refractivity contribution in [3.8, 4) is 0 Å². The Morgan fingerprint density at radius 2 is 1.73 bits per heavy atom. The number of amides is 2. The van der Waals surface area contributed by atoms with Crippen LogP contribution in [-0.4, -0.2) is 46.7 Å². The second kappa shape index (κ2) is 10.4. The third kappa shape index (κ3) is 5.57. The van der Waals surface area contributed by atoms with Gasteiger partial charge in [-0.05, 0) is 81.2 Å². The van der Waals surface area contributed by atoms with Crippen molar-refractivity contribution in [2.24, 2.45) is 0 Å². The molecule has 0 saturated carbocycles. The molecule has 0 aliphatic carbocycles. The van der Waals surface area contributed by atoms with Crippen LogP contribution in [0.2, 0.25) is 5.02 Å². The van der Waals surface area contributed by atoms with E-state index in [0.29, 0.717) is 28.0 Å². The molecule has 2 fully saturated rings. The number of halogens is 1. The van der Waals surface area contributed by atoms with Gasteiger partial charge >= 0.3 is 12.0 Å². The molecule has 2 atom stereocenters. The Labute approximate surface area is 203 Å². The predicted molar refractivity (Wildman–Crippen MR) is 134 cm³/mol. The number of benzene rings is 2. The number of hydrogen-bond donors (Lipinski definition) is 3. The number of urea groups is 1. The van der Waals surface area contributed by atoms with Crippen LogP contribution in [-0.2, 0) is 4.74 Å². The van der Waals surface area contributed by atoms with Crippen LogP contribution in [0.4, 0.5) is 16.2 Å². The summed E-state index contributed by atoms with van der Waals surface area (Å²) in [6.07, 6.45) is 3.75. The molecule has 2 aliphatic rings. The molecule has 2 aliphatic heterocycles. The van der Waals surface area contributed by atoms with Crippen LogP contribution in [0.5, 0.6) is 0 Å². The van der Waals surface area contributed by atoms with E-state index in [4.69, 9.17) is 28.6 Å². The van der Waals surface area contributed by atoms with E-state index in [1.165, 1.54) is 0 Å². The summed E-state index contributed by atoms with van der Waals surface area (Å²) in [7, 11) is 0. The van der Waals surface area contributed by atoms with Crippen molar-refractivity contribution in [2.45, 2.75) is 50.7 Å². The molecule has 9 heteroatoms. The normalized spacial score (nSPS) is 21.3. The first-order valence-electron chi connectivity index (χ1n) is 11.1. The van der Waals surface area contributed by atoms with Gasteiger partial charge in [-0.1, -0.05) is 23.7 Å². The number of nitrogens with one attached hydrogen (secondary N) is 3. The second-order valence-electron chi connectivity index (χ2n) is 8.27. The van der Waals surface area contributed by atoms with Gasteiger partial charge in [0, 0.05) is 23.8 Å². The Bertz CT molecular complexity index is 1020. The third-order valence-corrected chi connectivity index (χ3v) is 6.71. The third-order valence-electron chi connectivity index (χ3n) is 6.07. The summed E-state index contributed by atoms with van der Waals surface area (Å²) in [6.45, 7) is 2.08. The average Bonchev–Trinajstić information content (AvgIpc) is 3.06. The molecular formula is C24H27ClN4O3S. The SMILES string of the molecule is CCOC(=O)c1ccc(NC(=O)NC2C[C@H]3CC[C@H](C2)N3C(=S)Nc2ccccc2Cl)cc1. The Balaban J connectivity index is 1.30. The second-order valence-corrected chi connectivity index (χ2v) is 9.06. The minimum atomic E-state index is -0.377. The zero-order valence-corrected chi connectivity index (χ0v) is 19.9. The lowest BCUT2D eigenvalue weighted by Gasteiger charge is -2.40. The fourth-order valence-electron chi connectivity index (χ4n) is 4.63. The standard InChI is InChI=1S/C24H27ClN4O3S/c1-2-32-22(30)15-7-9-16(10-8-15)26-23(31)27-17-13-18-11-12-19(14-17)29(18)24(33)28-21-6-4-3-5-20(21)25/h3-10,17-19H,2,11-14H2,1H3,(H,28,33)(H2,26,27,31)/t18-,19-/m1/s1. The maximum atomic E-state index is 12.5. The molecule has 7 nitrogen and oxygen atoms in total. The zero-order chi connectivity index (χ0) is 23.4. The largest absolute Gasteiger partial charge is 0.462 e. The molecule has 0 radical (unpaired) electrons. The van der Waals surface area contributed by atoms with E-state index in [2.05, 4.69) is 20.9 Å². The molecule has 0 unspecified atom stereocenters. The lowest BCUT2D eigenvalue weighted by Crippen LogP contribution is -2.54. The van der Waals surface area contributed by atoms with Crippen molar-refractivity contribution >= 4 is 52.3 Å². The molecule has 4 rings (SSSR count). The van der Waals surface area contributed by atoms with E-state index in [1.54, 1.807) is 31.2 Å². The van der Waals surface area contributed by atoms with Crippen molar-refractivity contribution in [3.63, 3.8) is 0 Å². The van der Waals surface area contributed by atoms with Gasteiger partial charge in [-0.15, -0.1) is 0 Å². The van der Waals surface area contributed by atoms with Crippen molar-refractivity contribution in [3.05, 3.63) is 59.1 Å². The number of ether oxygens (including phenoxy) is 1. The van der Waals surface area contributed by atoms with Gasteiger partial charge in [0.2, 0.25) is 0 Å². The van der Waals surface area contributed by atoms with Gasteiger partial charge in [-0.2, -0.15) is 0 Å². The van der Waals surface area contributed by atoms with Crippen LogP contribution in [0, 0.1) is 0 Å². The summed E-state index contributed by atoms with van der Waals surface area (Å²) in [5, 5.41) is 10.5. The highest BCUT2D eigenvalue weighted by Crippen LogP contribution is 2.36. The Hall–Kier alpha value is -2.84. The van der Waals surface area contributed by atoms with Gasteiger partial charge < -0.3 is 25.6 Å². The number of rotatable bonds is 5. The Kier molecular flexibility index (Phi) is 7.35. The summed E-state index contributed by atoms with van der Waals surface area (Å²) in [6, 6.07) is 14.6. The number of esters is 1. The van der Waals surface area contributed by atoms with Crippen molar-refractivity contribution < 1.29 is 14.3 Å². The van der Waals surface area contributed by atoms with E-state index in [0.717, 1.165) is 31.4 Å². The minimum absolute atomic E-state index is 0.0701. The minimum Gasteiger partial charge on any atom is -0.462 e. The van der Waals surface area contributed by atoms with Crippen LogP contribution in [0.1, 0.15) is 43.0 Å². The van der Waals surface area contributed by atoms with E-state index in [-0.39, 0.29) is 30.1 Å². The topological polar surface area (TPSA) is 82.7 Å². The first-order valence-corrected chi connectivity index (χ1v) is 11.9. The lowest BCUT2D eigenvalue weighted by atomic mass is 9.98. The van der Waals surface area contributed by atoms with Gasteiger partial charge in [0.05, 0.1) is 22.9 Å². The van der Waals surface area contributed by atoms with E-state index in [1.807, 2.05) is 24.3 Å². The van der Waals surface area contributed by atoms with Crippen LogP contribution in [0.3, 0.4) is 0 Å². The molecule has 3 N–H and O–H groups in total. The Morgan fingerprint density at radius 3 is 2.36 bits per heavy atom. The molecule has 174 valence electrons. The summed E-state index contributed by atoms with van der Waals surface area (Å²) in [5.41, 5.74) is 1.87. The maximum Gasteiger partial charge on any atom is 0.338 e. The number of para-hydroxylation sites is 1. The van der Waals surface area contributed by atoms with Crippen molar-refractivity contribution in [1.29, 1.82) is 0 Å². The smallest absolute Gasteiger partial charge is 0.338 e. The molecular weight excluding hydrogens is 460 g/mol. The maximum absolute atomic E-state index is 12.5.